The Bertz CT molecular complexity index is 875. The number of hydrazone groups is 1. The Morgan fingerprint density at radius 1 is 1.23 bits per heavy atom. The highest BCUT2D eigenvalue weighted by Crippen LogP contribution is 2.34. The zero-order valence-corrected chi connectivity index (χ0v) is 18.4. The molecule has 2 atom stereocenters. The molecule has 5 rings (SSSR count). The molecule has 1 aliphatic carbocycles. The minimum atomic E-state index is -0.146. The van der Waals surface area contributed by atoms with Crippen molar-refractivity contribution >= 4 is 23.0 Å². The number of amides is 1. The smallest absolute Gasteiger partial charge is 0.257 e. The van der Waals surface area contributed by atoms with Gasteiger partial charge in [0.15, 0.2) is 0 Å². The quantitative estimate of drug-likeness (QED) is 0.646. The standard InChI is InChI=1S/C23H30N4O2S/c1-25(13-17-6-7-17)14-18-8-9-26(15-18)16-23(28)27-20(21-4-2-10-29-21)12-19(24-27)22-5-3-11-30-22/h2-5,10-11,17-18,20H,6-9,12-16H2,1H3/t18-,20-/m0/s1. The van der Waals surface area contributed by atoms with E-state index in [9.17, 15) is 4.79 Å². The van der Waals surface area contributed by atoms with E-state index in [4.69, 9.17) is 9.52 Å². The predicted molar refractivity (Wildman–Crippen MR) is 119 cm³/mol. The van der Waals surface area contributed by atoms with Gasteiger partial charge >= 0.3 is 0 Å². The molecule has 30 heavy (non-hydrogen) atoms. The summed E-state index contributed by atoms with van der Waals surface area (Å²) in [4.78, 5) is 19.1. The molecule has 2 aromatic rings. The van der Waals surface area contributed by atoms with Gasteiger partial charge in [0.25, 0.3) is 5.91 Å². The molecule has 0 radical (unpaired) electrons. The van der Waals surface area contributed by atoms with Crippen LogP contribution in [0.1, 0.15) is 42.4 Å². The van der Waals surface area contributed by atoms with Crippen LogP contribution in [0, 0.1) is 11.8 Å². The maximum Gasteiger partial charge on any atom is 0.257 e. The van der Waals surface area contributed by atoms with Gasteiger partial charge < -0.3 is 9.32 Å². The zero-order chi connectivity index (χ0) is 20.5. The second-order valence-corrected chi connectivity index (χ2v) is 10.00. The van der Waals surface area contributed by atoms with Gasteiger partial charge in [-0.2, -0.15) is 5.10 Å². The van der Waals surface area contributed by atoms with E-state index in [0.717, 1.165) is 41.9 Å². The second kappa shape index (κ2) is 8.65. The van der Waals surface area contributed by atoms with Crippen LogP contribution in [0.2, 0.25) is 0 Å². The first kappa shape index (κ1) is 20.0. The van der Waals surface area contributed by atoms with E-state index in [1.165, 1.54) is 25.8 Å². The number of hydrogen-bond donors (Lipinski definition) is 0. The van der Waals surface area contributed by atoms with E-state index >= 15 is 0 Å². The van der Waals surface area contributed by atoms with Crippen LogP contribution in [0.25, 0.3) is 0 Å². The molecule has 2 fully saturated rings. The molecule has 1 amide bonds. The fourth-order valence-electron chi connectivity index (χ4n) is 4.76. The van der Waals surface area contributed by atoms with Crippen LogP contribution >= 0.6 is 11.3 Å². The zero-order valence-electron chi connectivity index (χ0n) is 17.6. The molecule has 2 aromatic heterocycles. The molecule has 3 aliphatic rings. The number of likely N-dealkylation sites (tertiary alicyclic amines) is 1. The van der Waals surface area contributed by atoms with E-state index in [2.05, 4.69) is 28.3 Å². The third kappa shape index (κ3) is 4.53. The van der Waals surface area contributed by atoms with Crippen LogP contribution in [-0.4, -0.2) is 66.2 Å². The number of hydrogen-bond acceptors (Lipinski definition) is 6. The van der Waals surface area contributed by atoms with Gasteiger partial charge in [0.2, 0.25) is 0 Å². The van der Waals surface area contributed by atoms with Gasteiger partial charge in [0, 0.05) is 26.1 Å². The second-order valence-electron chi connectivity index (χ2n) is 9.05. The van der Waals surface area contributed by atoms with E-state index in [0.29, 0.717) is 18.9 Å². The van der Waals surface area contributed by atoms with Crippen LogP contribution < -0.4 is 0 Å². The van der Waals surface area contributed by atoms with Crippen molar-refractivity contribution in [3.8, 4) is 0 Å². The van der Waals surface area contributed by atoms with E-state index in [-0.39, 0.29) is 11.9 Å². The summed E-state index contributed by atoms with van der Waals surface area (Å²) in [5, 5.41) is 8.45. The van der Waals surface area contributed by atoms with Crippen molar-refractivity contribution in [2.75, 3.05) is 39.8 Å². The van der Waals surface area contributed by atoms with Gasteiger partial charge in [0.1, 0.15) is 11.8 Å². The Balaban J connectivity index is 1.21. The van der Waals surface area contributed by atoms with Crippen molar-refractivity contribution in [2.45, 2.75) is 31.7 Å². The number of nitrogens with zero attached hydrogens (tertiary/aromatic N) is 4. The summed E-state index contributed by atoms with van der Waals surface area (Å²) < 4.78 is 5.65. The van der Waals surface area contributed by atoms with Crippen LogP contribution in [0.15, 0.2) is 45.4 Å². The van der Waals surface area contributed by atoms with Crippen LogP contribution in [0.3, 0.4) is 0 Å². The molecule has 0 spiro atoms. The summed E-state index contributed by atoms with van der Waals surface area (Å²) in [5.41, 5.74) is 0.973. The molecule has 4 heterocycles. The lowest BCUT2D eigenvalue weighted by Crippen LogP contribution is -2.38. The molecule has 0 aromatic carbocycles. The summed E-state index contributed by atoms with van der Waals surface area (Å²) in [5.74, 6) is 2.46. The van der Waals surface area contributed by atoms with E-state index in [1.807, 2.05) is 18.2 Å². The first-order chi connectivity index (χ1) is 14.7. The van der Waals surface area contributed by atoms with E-state index in [1.54, 1.807) is 22.6 Å². The molecule has 0 unspecified atom stereocenters. The Morgan fingerprint density at radius 3 is 2.83 bits per heavy atom. The lowest BCUT2D eigenvalue weighted by Gasteiger charge is -2.24. The molecule has 160 valence electrons. The maximum atomic E-state index is 13.2. The van der Waals surface area contributed by atoms with Gasteiger partial charge in [-0.1, -0.05) is 6.07 Å². The fourth-order valence-corrected chi connectivity index (χ4v) is 5.48. The SMILES string of the molecule is CN(CC1CC1)C[C@@H]1CCN(CC(=O)N2N=C(c3cccs3)C[C@H]2c2ccco2)C1. The summed E-state index contributed by atoms with van der Waals surface area (Å²) in [6.45, 7) is 4.80. The number of carbonyl (C=O) groups is 1. The lowest BCUT2D eigenvalue weighted by molar-refractivity contribution is -0.134. The molecule has 0 N–H and O–H groups in total. The van der Waals surface area contributed by atoms with Gasteiger partial charge in [-0.3, -0.25) is 9.69 Å². The summed E-state index contributed by atoms with van der Waals surface area (Å²) in [6, 6.07) is 7.77. The molecule has 1 saturated carbocycles. The van der Waals surface area contributed by atoms with E-state index < -0.39 is 0 Å². The van der Waals surface area contributed by atoms with Crippen LogP contribution in [0.5, 0.6) is 0 Å². The van der Waals surface area contributed by atoms with Crippen LogP contribution in [-0.2, 0) is 4.79 Å². The molecular weight excluding hydrogens is 396 g/mol. The Kier molecular flexibility index (Phi) is 5.76. The average Bonchev–Trinajstić information content (AvgIpc) is 3.26. The maximum absolute atomic E-state index is 13.2. The highest BCUT2D eigenvalue weighted by atomic mass is 32.1. The molecule has 0 bridgehead atoms. The predicted octanol–water partition coefficient (Wildman–Crippen LogP) is 3.68. The van der Waals surface area contributed by atoms with Crippen molar-refractivity contribution in [3.63, 3.8) is 0 Å². The van der Waals surface area contributed by atoms with Gasteiger partial charge in [-0.15, -0.1) is 11.3 Å². The highest BCUT2D eigenvalue weighted by Gasteiger charge is 2.36. The number of rotatable bonds is 8. The topological polar surface area (TPSA) is 52.3 Å². The van der Waals surface area contributed by atoms with Crippen molar-refractivity contribution in [3.05, 3.63) is 46.5 Å². The first-order valence-corrected chi connectivity index (χ1v) is 11.9. The first-order valence-electron chi connectivity index (χ1n) is 11.0. The number of furan rings is 1. The molecule has 7 heteroatoms. The van der Waals surface area contributed by atoms with Gasteiger partial charge in [0.05, 0.1) is 23.4 Å². The molecular formula is C23H30N4O2S. The average molecular weight is 427 g/mol. The Morgan fingerprint density at radius 2 is 2.10 bits per heavy atom. The van der Waals surface area contributed by atoms with Crippen molar-refractivity contribution < 1.29 is 9.21 Å². The summed E-state index contributed by atoms with van der Waals surface area (Å²) >= 11 is 1.67. The molecule has 1 saturated heterocycles. The molecule has 2 aliphatic heterocycles. The Hall–Kier alpha value is -1.96. The van der Waals surface area contributed by atoms with Crippen molar-refractivity contribution in [1.29, 1.82) is 0 Å². The lowest BCUT2D eigenvalue weighted by atomic mass is 10.1. The van der Waals surface area contributed by atoms with Crippen molar-refractivity contribution in [1.82, 2.24) is 14.8 Å². The third-order valence-corrected chi connectivity index (χ3v) is 7.33. The Labute approximate surface area is 182 Å². The van der Waals surface area contributed by atoms with Crippen LogP contribution in [0.4, 0.5) is 0 Å². The minimum absolute atomic E-state index is 0.0648. The third-order valence-electron chi connectivity index (χ3n) is 6.41. The van der Waals surface area contributed by atoms with Crippen molar-refractivity contribution in [2.24, 2.45) is 16.9 Å². The minimum Gasteiger partial charge on any atom is -0.467 e. The number of carbonyl (C=O) groups excluding carboxylic acids is 1. The monoisotopic (exact) mass is 426 g/mol. The van der Waals surface area contributed by atoms with Gasteiger partial charge in [-0.05, 0) is 68.3 Å². The summed E-state index contributed by atoms with van der Waals surface area (Å²) in [7, 11) is 2.24. The molecule has 6 nitrogen and oxygen atoms in total. The normalized spacial score (nSPS) is 24.7. The fraction of sp³-hybridized carbons (Fsp3) is 0.565. The highest BCUT2D eigenvalue weighted by molar-refractivity contribution is 7.12. The van der Waals surface area contributed by atoms with Gasteiger partial charge in [-0.25, -0.2) is 5.01 Å². The largest absolute Gasteiger partial charge is 0.467 e. The summed E-state index contributed by atoms with van der Waals surface area (Å²) in [6.07, 6.45) is 6.35. The number of thiophene rings is 1.